The second-order valence-corrected chi connectivity index (χ2v) is 8.62. The highest BCUT2D eigenvalue weighted by Gasteiger charge is 2.33. The molecule has 0 atom stereocenters. The van der Waals surface area contributed by atoms with E-state index < -0.39 is 0 Å². The lowest BCUT2D eigenvalue weighted by Gasteiger charge is -2.23. The van der Waals surface area contributed by atoms with Crippen LogP contribution in [0.15, 0.2) is 42.6 Å². The molecule has 0 saturated heterocycles. The minimum atomic E-state index is -0.387. The third-order valence-corrected chi connectivity index (χ3v) is 6.79. The maximum absolute atomic E-state index is 13.5. The number of carbonyl (C=O) groups is 2. The molecule has 1 aliphatic heterocycles. The maximum Gasteiger partial charge on any atom is 0.340 e. The first-order valence-corrected chi connectivity index (χ1v) is 11.7. The summed E-state index contributed by atoms with van der Waals surface area (Å²) in [6.45, 7) is 6.33. The molecular formula is C28H28N2O5. The number of rotatable bonds is 5. The Hall–Kier alpha value is -4.00. The van der Waals surface area contributed by atoms with Crippen LogP contribution in [0, 0.1) is 6.92 Å². The lowest BCUT2D eigenvalue weighted by Crippen LogP contribution is -2.15. The van der Waals surface area contributed by atoms with Crippen molar-refractivity contribution in [2.75, 3.05) is 20.8 Å². The average molecular weight is 473 g/mol. The number of nitrogens with zero attached hydrogens (tertiary/aromatic N) is 2. The van der Waals surface area contributed by atoms with Gasteiger partial charge in [0.25, 0.3) is 0 Å². The number of para-hydroxylation sites is 1. The predicted molar refractivity (Wildman–Crippen MR) is 135 cm³/mol. The molecule has 0 saturated carbocycles. The lowest BCUT2D eigenvalue weighted by molar-refractivity contribution is 0.0528. The zero-order chi connectivity index (χ0) is 24.9. The zero-order valence-electron chi connectivity index (χ0n) is 20.6. The summed E-state index contributed by atoms with van der Waals surface area (Å²) in [5.74, 6) is 0.782. The Morgan fingerprint density at radius 1 is 1.03 bits per heavy atom. The summed E-state index contributed by atoms with van der Waals surface area (Å²) in [7, 11) is 3.22. The van der Waals surface area contributed by atoms with Gasteiger partial charge in [-0.2, -0.15) is 0 Å². The summed E-state index contributed by atoms with van der Waals surface area (Å²) >= 11 is 0. The molecule has 1 aliphatic rings. The SMILES string of the molecule is CCOC(=O)c1c(-c2cn(C(C)=O)c3ccccc23)c(C)n2c1-c1cc(OC)c(OC)cc1CC2. The van der Waals surface area contributed by atoms with E-state index in [1.165, 1.54) is 6.92 Å². The highest BCUT2D eigenvalue weighted by molar-refractivity contribution is 6.10. The van der Waals surface area contributed by atoms with Gasteiger partial charge in [0, 0.05) is 47.4 Å². The van der Waals surface area contributed by atoms with E-state index in [2.05, 4.69) is 4.57 Å². The Morgan fingerprint density at radius 3 is 2.43 bits per heavy atom. The van der Waals surface area contributed by atoms with E-state index >= 15 is 0 Å². The van der Waals surface area contributed by atoms with E-state index in [1.807, 2.05) is 49.5 Å². The summed E-state index contributed by atoms with van der Waals surface area (Å²) in [5.41, 5.74) is 6.69. The van der Waals surface area contributed by atoms with Crippen LogP contribution >= 0.6 is 0 Å². The first-order chi connectivity index (χ1) is 16.9. The van der Waals surface area contributed by atoms with Crippen molar-refractivity contribution in [3.63, 3.8) is 0 Å². The van der Waals surface area contributed by atoms with Gasteiger partial charge >= 0.3 is 5.97 Å². The van der Waals surface area contributed by atoms with Crippen molar-refractivity contribution in [2.45, 2.75) is 33.7 Å². The first kappa shape index (κ1) is 22.8. The topological polar surface area (TPSA) is 71.7 Å². The van der Waals surface area contributed by atoms with Crippen molar-refractivity contribution in [3.8, 4) is 33.9 Å². The molecule has 35 heavy (non-hydrogen) atoms. The number of ether oxygens (including phenoxy) is 3. The predicted octanol–water partition coefficient (Wildman–Crippen LogP) is 5.50. The minimum absolute atomic E-state index is 0.0889. The monoisotopic (exact) mass is 472 g/mol. The molecule has 7 heteroatoms. The summed E-state index contributed by atoms with van der Waals surface area (Å²) in [6.07, 6.45) is 2.62. The average Bonchev–Trinajstić information content (AvgIpc) is 3.38. The van der Waals surface area contributed by atoms with Crippen LogP contribution in [0.1, 0.15) is 40.3 Å². The van der Waals surface area contributed by atoms with Crippen molar-refractivity contribution >= 4 is 22.8 Å². The molecule has 5 rings (SSSR count). The maximum atomic E-state index is 13.5. The molecule has 7 nitrogen and oxygen atoms in total. The van der Waals surface area contributed by atoms with Gasteiger partial charge in [-0.3, -0.25) is 9.36 Å². The molecule has 0 fully saturated rings. The van der Waals surface area contributed by atoms with Crippen LogP contribution in [0.25, 0.3) is 33.3 Å². The molecule has 180 valence electrons. The van der Waals surface area contributed by atoms with Crippen molar-refractivity contribution in [1.29, 1.82) is 0 Å². The Labute approximate surface area is 203 Å². The van der Waals surface area contributed by atoms with Crippen LogP contribution in [0.3, 0.4) is 0 Å². The van der Waals surface area contributed by atoms with Gasteiger partial charge in [-0.15, -0.1) is 0 Å². The molecule has 0 amide bonds. The Bertz CT molecular complexity index is 1490. The molecule has 4 aromatic rings. The van der Waals surface area contributed by atoms with Crippen LogP contribution in [0.5, 0.6) is 11.5 Å². The summed E-state index contributed by atoms with van der Waals surface area (Å²) in [6, 6.07) is 11.7. The quantitative estimate of drug-likeness (QED) is 0.359. The molecule has 2 aromatic carbocycles. The number of hydrogen-bond donors (Lipinski definition) is 0. The van der Waals surface area contributed by atoms with Gasteiger partial charge < -0.3 is 18.8 Å². The van der Waals surface area contributed by atoms with Crippen molar-refractivity contribution in [1.82, 2.24) is 9.13 Å². The van der Waals surface area contributed by atoms with E-state index in [9.17, 15) is 9.59 Å². The number of carbonyl (C=O) groups excluding carboxylic acids is 2. The van der Waals surface area contributed by atoms with Crippen molar-refractivity contribution in [2.24, 2.45) is 0 Å². The third-order valence-electron chi connectivity index (χ3n) is 6.79. The van der Waals surface area contributed by atoms with Gasteiger partial charge in [-0.25, -0.2) is 4.79 Å². The lowest BCUT2D eigenvalue weighted by atomic mass is 9.93. The molecule has 0 aliphatic carbocycles. The molecule has 0 bridgehead atoms. The van der Waals surface area contributed by atoms with Gasteiger partial charge in [0.15, 0.2) is 11.5 Å². The number of methoxy groups -OCH3 is 2. The highest BCUT2D eigenvalue weighted by atomic mass is 16.5. The van der Waals surface area contributed by atoms with Gasteiger partial charge in [0.1, 0.15) is 0 Å². The molecule has 0 spiro atoms. The van der Waals surface area contributed by atoms with Crippen molar-refractivity contribution < 1.29 is 23.8 Å². The molecule has 0 N–H and O–H groups in total. The third kappa shape index (κ3) is 3.41. The Morgan fingerprint density at radius 2 is 1.74 bits per heavy atom. The van der Waals surface area contributed by atoms with E-state index in [-0.39, 0.29) is 18.5 Å². The smallest absolute Gasteiger partial charge is 0.340 e. The number of hydrogen-bond acceptors (Lipinski definition) is 5. The van der Waals surface area contributed by atoms with Crippen LogP contribution in [0.2, 0.25) is 0 Å². The van der Waals surface area contributed by atoms with Crippen LogP contribution in [-0.2, 0) is 17.7 Å². The molecule has 2 aromatic heterocycles. The van der Waals surface area contributed by atoms with Gasteiger partial charge in [-0.05, 0) is 44.0 Å². The van der Waals surface area contributed by atoms with Crippen molar-refractivity contribution in [3.05, 3.63) is 59.4 Å². The molecule has 0 unspecified atom stereocenters. The van der Waals surface area contributed by atoms with Crippen LogP contribution in [0.4, 0.5) is 0 Å². The molecule has 0 radical (unpaired) electrons. The standard InChI is InChI=1S/C28H28N2O5/c1-6-35-28(32)26-25(21-15-30(17(3)31)22-10-8-7-9-19(21)22)16(2)29-12-11-18-13-23(33-4)24(34-5)14-20(18)27(26)29/h7-10,13-15H,6,11-12H2,1-5H3. The fraction of sp³-hybridized carbons (Fsp3) is 0.286. The van der Waals surface area contributed by atoms with E-state index in [4.69, 9.17) is 14.2 Å². The summed E-state index contributed by atoms with van der Waals surface area (Å²) in [4.78, 5) is 26.0. The van der Waals surface area contributed by atoms with E-state index in [1.54, 1.807) is 25.7 Å². The van der Waals surface area contributed by atoms with Crippen LogP contribution in [-0.4, -0.2) is 41.8 Å². The van der Waals surface area contributed by atoms with Gasteiger partial charge in [0.2, 0.25) is 5.91 Å². The number of aryl methyl sites for hydroxylation is 1. The first-order valence-electron chi connectivity index (χ1n) is 11.7. The van der Waals surface area contributed by atoms with Crippen LogP contribution < -0.4 is 9.47 Å². The number of benzene rings is 2. The largest absolute Gasteiger partial charge is 0.493 e. The Balaban J connectivity index is 1.87. The second kappa shape index (κ2) is 8.65. The molecular weight excluding hydrogens is 444 g/mol. The summed E-state index contributed by atoms with van der Waals surface area (Å²) < 4.78 is 20.5. The fourth-order valence-corrected chi connectivity index (χ4v) is 5.25. The number of fused-ring (bicyclic) bond motifs is 4. The minimum Gasteiger partial charge on any atom is -0.493 e. The summed E-state index contributed by atoms with van der Waals surface area (Å²) in [5, 5.41) is 0.909. The van der Waals surface area contributed by atoms with Gasteiger partial charge in [-0.1, -0.05) is 18.2 Å². The number of esters is 1. The molecule has 3 heterocycles. The zero-order valence-corrected chi connectivity index (χ0v) is 20.6. The van der Waals surface area contributed by atoms with E-state index in [0.29, 0.717) is 23.6 Å². The normalized spacial score (nSPS) is 12.3. The van der Waals surface area contributed by atoms with E-state index in [0.717, 1.165) is 51.0 Å². The number of aromatic nitrogens is 2. The highest BCUT2D eigenvalue weighted by Crippen LogP contribution is 2.46. The Kier molecular flexibility index (Phi) is 5.63. The fourth-order valence-electron chi connectivity index (χ4n) is 5.25. The second-order valence-electron chi connectivity index (χ2n) is 8.62. The van der Waals surface area contributed by atoms with Gasteiger partial charge in [0.05, 0.1) is 37.6 Å².